The average molecular weight is 434 g/mol. The molecule has 31 heavy (non-hydrogen) atoms. The first-order valence-electron chi connectivity index (χ1n) is 9.77. The van der Waals surface area contributed by atoms with E-state index < -0.39 is 17.0 Å². The van der Waals surface area contributed by atoms with Crippen molar-refractivity contribution in [1.82, 2.24) is 4.90 Å². The van der Waals surface area contributed by atoms with Crippen LogP contribution in [0.1, 0.15) is 22.3 Å². The van der Waals surface area contributed by atoms with Crippen molar-refractivity contribution in [3.05, 3.63) is 106 Å². The highest BCUT2D eigenvalue weighted by Gasteiger charge is 2.35. The lowest BCUT2D eigenvalue weighted by atomic mass is 10.1. The summed E-state index contributed by atoms with van der Waals surface area (Å²) in [7, 11) is 0. The van der Waals surface area contributed by atoms with Gasteiger partial charge in [0.25, 0.3) is 11.1 Å². The molecule has 0 aromatic heterocycles. The molecule has 0 radical (unpaired) electrons. The number of aryl methyl sites for hydroxylation is 1. The maximum atomic E-state index is 13.9. The highest BCUT2D eigenvalue weighted by molar-refractivity contribution is 8.18. The predicted octanol–water partition coefficient (Wildman–Crippen LogP) is 5.95. The van der Waals surface area contributed by atoms with E-state index in [1.54, 1.807) is 24.3 Å². The fourth-order valence-electron chi connectivity index (χ4n) is 3.13. The van der Waals surface area contributed by atoms with Crippen molar-refractivity contribution >= 4 is 29.0 Å². The number of carbonyl (C=O) groups excluding carboxylic acids is 2. The second-order valence-electron chi connectivity index (χ2n) is 7.21. The van der Waals surface area contributed by atoms with Gasteiger partial charge in [-0.3, -0.25) is 14.5 Å². The number of rotatable bonds is 6. The molecule has 1 heterocycles. The molecule has 0 aliphatic carbocycles. The second-order valence-corrected chi connectivity index (χ2v) is 8.20. The molecule has 0 N–H and O–H groups in total. The van der Waals surface area contributed by atoms with Gasteiger partial charge in [-0.25, -0.2) is 4.39 Å². The Balaban J connectivity index is 1.46. The van der Waals surface area contributed by atoms with Crippen molar-refractivity contribution in [2.75, 3.05) is 0 Å². The molecular formula is C25H20FNO3S. The fraction of sp³-hybridized carbons (Fsp3) is 0.120. The third kappa shape index (κ3) is 5.03. The molecule has 3 aromatic carbocycles. The average Bonchev–Trinajstić information content (AvgIpc) is 3.02. The number of ether oxygens (including phenoxy) is 1. The third-order valence-corrected chi connectivity index (χ3v) is 5.75. The van der Waals surface area contributed by atoms with Gasteiger partial charge in [0.05, 0.1) is 11.4 Å². The van der Waals surface area contributed by atoms with Crippen LogP contribution in [0.15, 0.2) is 77.7 Å². The van der Waals surface area contributed by atoms with Crippen molar-refractivity contribution < 1.29 is 18.7 Å². The maximum Gasteiger partial charge on any atom is 0.293 e. The largest absolute Gasteiger partial charge is 0.489 e. The van der Waals surface area contributed by atoms with E-state index in [-0.39, 0.29) is 6.54 Å². The lowest BCUT2D eigenvalue weighted by molar-refractivity contribution is -0.123. The summed E-state index contributed by atoms with van der Waals surface area (Å²) in [6.45, 7) is 2.38. The van der Waals surface area contributed by atoms with E-state index in [1.165, 1.54) is 11.6 Å². The van der Waals surface area contributed by atoms with Crippen LogP contribution in [0, 0.1) is 12.7 Å². The molecule has 1 aliphatic heterocycles. The summed E-state index contributed by atoms with van der Waals surface area (Å²) in [6, 6.07) is 21.6. The Labute approximate surface area is 184 Å². The van der Waals surface area contributed by atoms with Crippen LogP contribution < -0.4 is 4.74 Å². The van der Waals surface area contributed by atoms with Crippen molar-refractivity contribution in [2.24, 2.45) is 0 Å². The summed E-state index contributed by atoms with van der Waals surface area (Å²) < 4.78 is 19.8. The third-order valence-electron chi connectivity index (χ3n) is 4.84. The van der Waals surface area contributed by atoms with Gasteiger partial charge in [-0.1, -0.05) is 60.2 Å². The standard InChI is InChI=1S/C25H20FNO3S/c1-17-9-11-18(12-10-17)16-30-21-7-4-5-19(13-21)14-23-24(28)27(25(29)31-23)15-20-6-2-3-8-22(20)26/h2-14H,15-16H2,1H3/b23-14-. The Bertz CT molecular complexity index is 1160. The van der Waals surface area contributed by atoms with Gasteiger partial charge in [-0.2, -0.15) is 0 Å². The smallest absolute Gasteiger partial charge is 0.293 e. The van der Waals surface area contributed by atoms with Crippen LogP contribution in [0.4, 0.5) is 9.18 Å². The molecule has 0 unspecified atom stereocenters. The van der Waals surface area contributed by atoms with Crippen LogP contribution in [-0.2, 0) is 17.9 Å². The van der Waals surface area contributed by atoms with Crippen molar-refractivity contribution in [2.45, 2.75) is 20.1 Å². The van der Waals surface area contributed by atoms with Gasteiger partial charge < -0.3 is 4.74 Å². The molecule has 0 spiro atoms. The van der Waals surface area contributed by atoms with Crippen molar-refractivity contribution in [3.63, 3.8) is 0 Å². The molecule has 1 aliphatic rings. The molecule has 0 atom stereocenters. The number of carbonyl (C=O) groups is 2. The van der Waals surface area contributed by atoms with Crippen LogP contribution >= 0.6 is 11.8 Å². The zero-order valence-corrected chi connectivity index (χ0v) is 17.7. The SMILES string of the molecule is Cc1ccc(COc2cccc(/C=C3\SC(=O)N(Cc4ccccc4F)C3=O)c2)cc1. The molecule has 6 heteroatoms. The number of thioether (sulfide) groups is 1. The number of hydrogen-bond acceptors (Lipinski definition) is 4. The van der Waals surface area contributed by atoms with Gasteiger partial charge in [-0.15, -0.1) is 0 Å². The van der Waals surface area contributed by atoms with Gasteiger partial charge >= 0.3 is 0 Å². The quantitative estimate of drug-likeness (QED) is 0.451. The number of nitrogens with zero attached hydrogens (tertiary/aromatic N) is 1. The summed E-state index contributed by atoms with van der Waals surface area (Å²) >= 11 is 0.854. The Kier molecular flexibility index (Phi) is 6.18. The topological polar surface area (TPSA) is 46.6 Å². The molecule has 1 saturated heterocycles. The van der Waals surface area contributed by atoms with Crippen LogP contribution in [0.25, 0.3) is 6.08 Å². The zero-order chi connectivity index (χ0) is 21.8. The molecule has 1 fully saturated rings. The summed E-state index contributed by atoms with van der Waals surface area (Å²) in [5.74, 6) is -0.201. The van der Waals surface area contributed by atoms with Gasteiger partial charge in [0.15, 0.2) is 0 Å². The van der Waals surface area contributed by atoms with Gasteiger partial charge in [-0.05, 0) is 54.1 Å². The fourth-order valence-corrected chi connectivity index (χ4v) is 3.97. The molecular weight excluding hydrogens is 413 g/mol. The monoisotopic (exact) mass is 433 g/mol. The van der Waals surface area contributed by atoms with E-state index in [0.29, 0.717) is 22.8 Å². The Morgan fingerprint density at radius 3 is 2.55 bits per heavy atom. The number of amides is 2. The minimum Gasteiger partial charge on any atom is -0.489 e. The van der Waals surface area contributed by atoms with E-state index in [9.17, 15) is 14.0 Å². The summed E-state index contributed by atoms with van der Waals surface area (Å²) in [5.41, 5.74) is 3.30. The summed E-state index contributed by atoms with van der Waals surface area (Å²) in [4.78, 5) is 26.4. The first kappa shape index (κ1) is 20.9. The first-order chi connectivity index (χ1) is 15.0. The molecule has 4 nitrogen and oxygen atoms in total. The molecule has 156 valence electrons. The molecule has 0 saturated carbocycles. The van der Waals surface area contributed by atoms with Crippen molar-refractivity contribution in [1.29, 1.82) is 0 Å². The van der Waals surface area contributed by atoms with Crippen LogP contribution in [0.3, 0.4) is 0 Å². The maximum absolute atomic E-state index is 13.9. The normalized spacial score (nSPS) is 15.0. The number of hydrogen-bond donors (Lipinski definition) is 0. The first-order valence-corrected chi connectivity index (χ1v) is 10.6. The predicted molar refractivity (Wildman–Crippen MR) is 120 cm³/mol. The molecule has 3 aromatic rings. The number of benzene rings is 3. The van der Waals surface area contributed by atoms with E-state index >= 15 is 0 Å². The van der Waals surface area contributed by atoms with Gasteiger partial charge in [0.1, 0.15) is 18.2 Å². The number of imide groups is 1. The Hall–Kier alpha value is -3.38. The molecule has 0 bridgehead atoms. The van der Waals surface area contributed by atoms with Gasteiger partial charge in [0.2, 0.25) is 0 Å². The summed E-state index contributed by atoms with van der Waals surface area (Å²) in [5, 5.41) is -0.411. The van der Waals surface area contributed by atoms with Crippen LogP contribution in [0.2, 0.25) is 0 Å². The highest BCUT2D eigenvalue weighted by atomic mass is 32.2. The Morgan fingerprint density at radius 2 is 1.77 bits per heavy atom. The number of halogens is 1. The van der Waals surface area contributed by atoms with E-state index in [0.717, 1.165) is 27.8 Å². The zero-order valence-electron chi connectivity index (χ0n) is 16.9. The molecule has 4 rings (SSSR count). The van der Waals surface area contributed by atoms with Crippen LogP contribution in [0.5, 0.6) is 5.75 Å². The Morgan fingerprint density at radius 1 is 1.00 bits per heavy atom. The van der Waals surface area contributed by atoms with Gasteiger partial charge in [0, 0.05) is 5.56 Å². The van der Waals surface area contributed by atoms with Crippen LogP contribution in [-0.4, -0.2) is 16.0 Å². The van der Waals surface area contributed by atoms with Crippen molar-refractivity contribution in [3.8, 4) is 5.75 Å². The second kappa shape index (κ2) is 9.18. The molecule has 2 amide bonds. The van der Waals surface area contributed by atoms with E-state index in [1.807, 2.05) is 55.5 Å². The lowest BCUT2D eigenvalue weighted by Gasteiger charge is -2.12. The minimum absolute atomic E-state index is 0.0889. The minimum atomic E-state index is -0.441. The highest BCUT2D eigenvalue weighted by Crippen LogP contribution is 2.34. The van der Waals surface area contributed by atoms with E-state index in [2.05, 4.69) is 0 Å². The van der Waals surface area contributed by atoms with E-state index in [4.69, 9.17) is 4.74 Å². The lowest BCUT2D eigenvalue weighted by Crippen LogP contribution is -2.27. The summed E-state index contributed by atoms with van der Waals surface area (Å²) in [6.07, 6.45) is 1.66.